The van der Waals surface area contributed by atoms with Crippen LogP contribution in [0.15, 0.2) is 4.99 Å². The first-order valence-electron chi connectivity index (χ1n) is 8.30. The van der Waals surface area contributed by atoms with E-state index in [0.29, 0.717) is 19.0 Å². The van der Waals surface area contributed by atoms with Gasteiger partial charge in [0.05, 0.1) is 17.8 Å². The zero-order valence-corrected chi connectivity index (χ0v) is 17.3. The van der Waals surface area contributed by atoms with Gasteiger partial charge in [-0.25, -0.2) is 9.78 Å². The maximum Gasteiger partial charge on any atom is 0.408 e. The van der Waals surface area contributed by atoms with E-state index in [0.717, 1.165) is 10.7 Å². The maximum atomic E-state index is 11.9. The van der Waals surface area contributed by atoms with Crippen molar-refractivity contribution in [1.82, 2.24) is 20.9 Å². The number of aromatic nitrogens is 1. The van der Waals surface area contributed by atoms with Crippen molar-refractivity contribution in [3.05, 3.63) is 15.6 Å². The van der Waals surface area contributed by atoms with E-state index >= 15 is 0 Å². The minimum atomic E-state index is -0.519. The third kappa shape index (κ3) is 8.20. The molecule has 25 heavy (non-hydrogen) atoms. The van der Waals surface area contributed by atoms with Crippen molar-refractivity contribution < 1.29 is 9.53 Å². The first-order valence-corrected chi connectivity index (χ1v) is 9.12. The van der Waals surface area contributed by atoms with Crippen LogP contribution in [0.2, 0.25) is 0 Å². The minimum Gasteiger partial charge on any atom is -0.444 e. The van der Waals surface area contributed by atoms with Crippen molar-refractivity contribution in [2.45, 2.75) is 66.2 Å². The van der Waals surface area contributed by atoms with Crippen LogP contribution in [-0.2, 0) is 11.3 Å². The summed E-state index contributed by atoms with van der Waals surface area (Å²) < 4.78 is 5.29. The average molecular weight is 370 g/mol. The fourth-order valence-corrected chi connectivity index (χ4v) is 2.80. The molecule has 0 aliphatic heterocycles. The van der Waals surface area contributed by atoms with E-state index in [1.165, 1.54) is 4.88 Å². The van der Waals surface area contributed by atoms with Crippen LogP contribution in [-0.4, -0.2) is 41.8 Å². The summed E-state index contributed by atoms with van der Waals surface area (Å²) >= 11 is 1.67. The van der Waals surface area contributed by atoms with Crippen LogP contribution in [0.4, 0.5) is 4.79 Å². The summed E-state index contributed by atoms with van der Waals surface area (Å²) in [6.45, 7) is 14.5. The van der Waals surface area contributed by atoms with E-state index < -0.39 is 17.2 Å². The third-order valence-electron chi connectivity index (χ3n) is 3.24. The highest BCUT2D eigenvalue weighted by Crippen LogP contribution is 2.15. The number of amides is 1. The second kappa shape index (κ2) is 8.51. The highest BCUT2D eigenvalue weighted by Gasteiger charge is 2.24. The van der Waals surface area contributed by atoms with E-state index in [2.05, 4.69) is 32.9 Å². The molecule has 1 amide bonds. The van der Waals surface area contributed by atoms with Gasteiger partial charge in [-0.1, -0.05) is 0 Å². The Kier molecular flexibility index (Phi) is 7.22. The molecule has 0 aromatic carbocycles. The van der Waals surface area contributed by atoms with Crippen molar-refractivity contribution in [3.8, 4) is 0 Å². The topological polar surface area (TPSA) is 87.6 Å². The lowest BCUT2D eigenvalue weighted by Crippen LogP contribution is -2.54. The molecule has 0 fully saturated rings. The van der Waals surface area contributed by atoms with E-state index in [4.69, 9.17) is 4.74 Å². The number of carbonyl (C=O) groups is 1. The molecule has 1 aromatic rings. The molecule has 142 valence electrons. The molecule has 1 rings (SSSR count). The Morgan fingerprint density at radius 3 is 2.32 bits per heavy atom. The average Bonchev–Trinajstić information content (AvgIpc) is 2.75. The number of aryl methyl sites for hydroxylation is 2. The summed E-state index contributed by atoms with van der Waals surface area (Å²) in [7, 11) is 1.71. The summed E-state index contributed by atoms with van der Waals surface area (Å²) in [5, 5.41) is 10.3. The molecule has 0 spiro atoms. The number of carbonyl (C=O) groups excluding carboxylic acids is 1. The van der Waals surface area contributed by atoms with Gasteiger partial charge in [-0.3, -0.25) is 4.99 Å². The normalized spacial score (nSPS) is 12.7. The van der Waals surface area contributed by atoms with Crippen LogP contribution < -0.4 is 16.0 Å². The van der Waals surface area contributed by atoms with Gasteiger partial charge in [0.1, 0.15) is 10.6 Å². The van der Waals surface area contributed by atoms with Gasteiger partial charge in [-0.05, 0) is 48.5 Å². The van der Waals surface area contributed by atoms with Crippen LogP contribution in [0.25, 0.3) is 0 Å². The van der Waals surface area contributed by atoms with Gasteiger partial charge in [-0.15, -0.1) is 11.3 Å². The van der Waals surface area contributed by atoms with E-state index in [9.17, 15) is 4.79 Å². The van der Waals surface area contributed by atoms with Gasteiger partial charge < -0.3 is 20.7 Å². The molecule has 0 saturated heterocycles. The first kappa shape index (κ1) is 21.2. The lowest BCUT2D eigenvalue weighted by Gasteiger charge is -2.29. The largest absolute Gasteiger partial charge is 0.444 e. The maximum absolute atomic E-state index is 11.9. The lowest BCUT2D eigenvalue weighted by atomic mass is 10.1. The monoisotopic (exact) mass is 369 g/mol. The first-order chi connectivity index (χ1) is 11.4. The number of guanidine groups is 1. The number of nitrogens with one attached hydrogen (secondary N) is 3. The molecule has 0 bridgehead atoms. The fraction of sp³-hybridized carbons (Fsp3) is 0.706. The Morgan fingerprint density at radius 1 is 1.20 bits per heavy atom. The van der Waals surface area contributed by atoms with Gasteiger partial charge in [0.15, 0.2) is 5.96 Å². The molecule has 3 N–H and O–H groups in total. The zero-order valence-electron chi connectivity index (χ0n) is 16.5. The summed E-state index contributed by atoms with van der Waals surface area (Å²) in [6.07, 6.45) is -0.434. The second-order valence-electron chi connectivity index (χ2n) is 7.54. The van der Waals surface area contributed by atoms with Crippen LogP contribution in [0.5, 0.6) is 0 Å². The summed E-state index contributed by atoms with van der Waals surface area (Å²) in [5.41, 5.74) is 0.0520. The van der Waals surface area contributed by atoms with Crippen LogP contribution >= 0.6 is 11.3 Å². The number of alkyl carbamates (subject to hydrolysis) is 1. The van der Waals surface area contributed by atoms with E-state index in [1.807, 2.05) is 41.5 Å². The quantitative estimate of drug-likeness (QED) is 0.549. The highest BCUT2D eigenvalue weighted by atomic mass is 32.1. The number of hydrogen-bond donors (Lipinski definition) is 3. The predicted octanol–water partition coefficient (Wildman–Crippen LogP) is 2.73. The van der Waals surface area contributed by atoms with Gasteiger partial charge in [0, 0.05) is 18.5 Å². The number of rotatable bonds is 5. The molecular formula is C17H31N5O2S. The van der Waals surface area contributed by atoms with Crippen molar-refractivity contribution in [3.63, 3.8) is 0 Å². The van der Waals surface area contributed by atoms with E-state index in [1.54, 1.807) is 18.4 Å². The van der Waals surface area contributed by atoms with Crippen LogP contribution in [0.3, 0.4) is 0 Å². The minimum absolute atomic E-state index is 0.434. The molecule has 0 atom stereocenters. The summed E-state index contributed by atoms with van der Waals surface area (Å²) in [5.74, 6) is 0.657. The summed E-state index contributed by atoms with van der Waals surface area (Å²) in [4.78, 5) is 21.8. The Morgan fingerprint density at radius 2 is 1.84 bits per heavy atom. The number of thiazole rings is 1. The van der Waals surface area contributed by atoms with Crippen molar-refractivity contribution >= 4 is 23.4 Å². The van der Waals surface area contributed by atoms with Gasteiger partial charge >= 0.3 is 6.09 Å². The number of aliphatic imine (C=N–C) groups is 1. The molecule has 0 aliphatic carbocycles. The third-order valence-corrected chi connectivity index (χ3v) is 4.31. The number of hydrogen-bond acceptors (Lipinski definition) is 5. The highest BCUT2D eigenvalue weighted by molar-refractivity contribution is 7.11. The molecule has 0 radical (unpaired) electrons. The van der Waals surface area contributed by atoms with Crippen LogP contribution in [0, 0.1) is 13.8 Å². The van der Waals surface area contributed by atoms with Crippen molar-refractivity contribution in [2.24, 2.45) is 4.99 Å². The number of nitrogens with zero attached hydrogens (tertiary/aromatic N) is 2. The van der Waals surface area contributed by atoms with Gasteiger partial charge in [0.2, 0.25) is 0 Å². The SMILES string of the molecule is CN=C(NCc1nc(C)c(C)s1)NCC(C)(C)NC(=O)OC(C)(C)C. The molecule has 0 unspecified atom stereocenters. The van der Waals surface area contributed by atoms with E-state index in [-0.39, 0.29) is 0 Å². The molecule has 7 nitrogen and oxygen atoms in total. The number of ether oxygens (including phenoxy) is 1. The second-order valence-corrected chi connectivity index (χ2v) is 8.83. The Bertz CT molecular complexity index is 598. The Labute approximate surface area is 154 Å². The molecular weight excluding hydrogens is 338 g/mol. The van der Waals surface area contributed by atoms with Crippen LogP contribution in [0.1, 0.15) is 50.2 Å². The van der Waals surface area contributed by atoms with Gasteiger partial charge in [0.25, 0.3) is 0 Å². The molecule has 1 heterocycles. The van der Waals surface area contributed by atoms with Crippen molar-refractivity contribution in [1.29, 1.82) is 0 Å². The van der Waals surface area contributed by atoms with Gasteiger partial charge in [-0.2, -0.15) is 0 Å². The van der Waals surface area contributed by atoms with Crippen molar-refractivity contribution in [2.75, 3.05) is 13.6 Å². The zero-order chi connectivity index (χ0) is 19.3. The molecule has 0 saturated carbocycles. The summed E-state index contributed by atoms with van der Waals surface area (Å²) in [6, 6.07) is 0. The lowest BCUT2D eigenvalue weighted by molar-refractivity contribution is 0.0474. The Hall–Kier alpha value is -1.83. The Balaban J connectivity index is 2.48. The molecule has 0 aliphatic rings. The predicted molar refractivity (Wildman–Crippen MR) is 103 cm³/mol. The fourth-order valence-electron chi connectivity index (χ4n) is 1.92. The molecule has 1 aromatic heterocycles. The standard InChI is InChI=1S/C17H31N5O2S/c1-11-12(2)25-13(21-11)9-19-14(18-8)20-10-17(6,7)22-15(23)24-16(3,4)5/h9-10H2,1-8H3,(H,22,23)(H2,18,19,20). The molecule has 8 heteroatoms. The smallest absolute Gasteiger partial charge is 0.408 e.